The first-order valence-electron chi connectivity index (χ1n) is 8.96. The molecule has 1 amide bonds. The lowest BCUT2D eigenvalue weighted by Gasteiger charge is -2.07. The number of halogens is 1. The molecule has 146 valence electrons. The molecule has 0 aliphatic carbocycles. The molecule has 0 atom stereocenters. The van der Waals surface area contributed by atoms with Gasteiger partial charge in [-0.05, 0) is 29.8 Å². The van der Waals surface area contributed by atoms with Gasteiger partial charge in [0, 0.05) is 17.2 Å². The maximum absolute atomic E-state index is 12.8. The van der Waals surface area contributed by atoms with Crippen LogP contribution in [-0.4, -0.2) is 36.8 Å². The van der Waals surface area contributed by atoms with Crippen LogP contribution < -0.4 is 10.9 Å². The summed E-state index contributed by atoms with van der Waals surface area (Å²) in [5, 5.41) is 7.49. The Kier molecular flexibility index (Phi) is 5.48. The van der Waals surface area contributed by atoms with Crippen LogP contribution in [0.4, 0.5) is 0 Å². The van der Waals surface area contributed by atoms with E-state index in [4.69, 9.17) is 0 Å². The summed E-state index contributed by atoms with van der Waals surface area (Å²) in [6.45, 7) is 1.17. The fourth-order valence-electron chi connectivity index (χ4n) is 2.92. The van der Waals surface area contributed by atoms with Gasteiger partial charge in [-0.3, -0.25) is 19.1 Å². The Morgan fingerprint density at radius 2 is 1.93 bits per heavy atom. The lowest BCUT2D eigenvalue weighted by molar-refractivity contribution is 0.0947. The van der Waals surface area contributed by atoms with E-state index in [1.165, 1.54) is 12.5 Å². The molecule has 0 saturated carbocycles. The summed E-state index contributed by atoms with van der Waals surface area (Å²) in [6.07, 6.45) is 4.61. The molecule has 0 spiro atoms. The predicted octanol–water partition coefficient (Wildman–Crippen LogP) is 2.23. The van der Waals surface area contributed by atoms with Gasteiger partial charge in [-0.2, -0.15) is 5.10 Å². The lowest BCUT2D eigenvalue weighted by Crippen LogP contribution is -2.28. The summed E-state index contributed by atoms with van der Waals surface area (Å²) in [5.41, 5.74) is 1.70. The van der Waals surface area contributed by atoms with Gasteiger partial charge in [-0.15, -0.1) is 0 Å². The Labute approximate surface area is 174 Å². The number of pyridine rings is 1. The highest BCUT2D eigenvalue weighted by Gasteiger charge is 2.11. The largest absolute Gasteiger partial charge is 0.349 e. The summed E-state index contributed by atoms with van der Waals surface area (Å²) in [4.78, 5) is 33.2. The second kappa shape index (κ2) is 8.36. The minimum absolute atomic E-state index is 0.151. The molecule has 3 heterocycles. The van der Waals surface area contributed by atoms with Crippen LogP contribution in [0.1, 0.15) is 16.1 Å². The van der Waals surface area contributed by atoms with Crippen molar-refractivity contribution < 1.29 is 4.79 Å². The zero-order valence-electron chi connectivity index (χ0n) is 15.3. The van der Waals surface area contributed by atoms with Gasteiger partial charge in [0.2, 0.25) is 0 Å². The van der Waals surface area contributed by atoms with Crippen LogP contribution in [-0.2, 0) is 13.1 Å². The van der Waals surface area contributed by atoms with Crippen LogP contribution in [0.2, 0.25) is 0 Å². The average Bonchev–Trinajstić information content (AvgIpc) is 3.16. The smallest absolute Gasteiger partial charge is 0.269 e. The van der Waals surface area contributed by atoms with Crippen molar-refractivity contribution in [3.05, 3.63) is 87.3 Å². The van der Waals surface area contributed by atoms with Gasteiger partial charge < -0.3 is 5.32 Å². The molecule has 8 nitrogen and oxygen atoms in total. The second-order valence-electron chi connectivity index (χ2n) is 6.38. The molecular formula is C20H17BrN6O2. The monoisotopic (exact) mass is 452 g/mol. The van der Waals surface area contributed by atoms with Crippen LogP contribution in [0, 0.1) is 0 Å². The van der Waals surface area contributed by atoms with Gasteiger partial charge in [0.15, 0.2) is 5.65 Å². The quantitative estimate of drug-likeness (QED) is 0.483. The van der Waals surface area contributed by atoms with Crippen LogP contribution in [0.25, 0.3) is 11.0 Å². The third-order valence-corrected chi connectivity index (χ3v) is 4.92. The fourth-order valence-corrected chi connectivity index (χ4v) is 3.19. The number of carbonyl (C=O) groups is 1. The van der Waals surface area contributed by atoms with E-state index < -0.39 is 0 Å². The first kappa shape index (κ1) is 19.0. The van der Waals surface area contributed by atoms with Crippen molar-refractivity contribution in [1.82, 2.24) is 29.6 Å². The van der Waals surface area contributed by atoms with E-state index in [9.17, 15) is 9.59 Å². The summed E-state index contributed by atoms with van der Waals surface area (Å²) in [6, 6.07) is 12.9. The number of carbonyl (C=O) groups excluding carboxylic acids is 1. The molecule has 0 saturated heterocycles. The fraction of sp³-hybridized carbons (Fsp3) is 0.150. The minimum Gasteiger partial charge on any atom is -0.349 e. The molecule has 0 aliphatic heterocycles. The van der Waals surface area contributed by atoms with E-state index in [1.807, 2.05) is 24.3 Å². The first-order chi connectivity index (χ1) is 14.1. The van der Waals surface area contributed by atoms with Crippen LogP contribution >= 0.6 is 15.9 Å². The maximum atomic E-state index is 12.8. The Balaban J connectivity index is 1.46. The third-order valence-electron chi connectivity index (χ3n) is 4.40. The number of nitrogens with one attached hydrogen (secondary N) is 1. The van der Waals surface area contributed by atoms with Crippen molar-refractivity contribution in [2.45, 2.75) is 13.1 Å². The summed E-state index contributed by atoms with van der Waals surface area (Å²) in [7, 11) is 0. The first-order valence-corrected chi connectivity index (χ1v) is 9.76. The van der Waals surface area contributed by atoms with E-state index in [1.54, 1.807) is 33.6 Å². The van der Waals surface area contributed by atoms with Crippen molar-refractivity contribution in [2.75, 3.05) is 6.54 Å². The Hall–Kier alpha value is -3.33. The van der Waals surface area contributed by atoms with E-state index in [0.29, 0.717) is 36.4 Å². The number of rotatable bonds is 6. The Morgan fingerprint density at radius 3 is 2.69 bits per heavy atom. The average molecular weight is 453 g/mol. The number of hydrogen-bond donors (Lipinski definition) is 1. The molecule has 0 bridgehead atoms. The predicted molar refractivity (Wildman–Crippen MR) is 112 cm³/mol. The Bertz CT molecular complexity index is 1200. The van der Waals surface area contributed by atoms with Gasteiger partial charge in [0.25, 0.3) is 11.5 Å². The van der Waals surface area contributed by atoms with Crippen molar-refractivity contribution in [3.63, 3.8) is 0 Å². The van der Waals surface area contributed by atoms with Gasteiger partial charge in [-0.1, -0.05) is 34.1 Å². The van der Waals surface area contributed by atoms with Crippen molar-refractivity contribution >= 4 is 32.9 Å². The highest BCUT2D eigenvalue weighted by molar-refractivity contribution is 9.10. The van der Waals surface area contributed by atoms with Crippen LogP contribution in [0.15, 0.2) is 70.5 Å². The standard InChI is InChI=1S/C20H17BrN6O2/c21-15-6-4-14(5-7-15)12-26-13-24-18-16(20(26)29)11-25-27(18)10-9-23-19(28)17-3-1-2-8-22-17/h1-8,11,13H,9-10,12H2,(H,23,28). The molecule has 0 aliphatic rings. The van der Waals surface area contributed by atoms with E-state index in [2.05, 4.69) is 36.3 Å². The summed E-state index contributed by atoms with van der Waals surface area (Å²) >= 11 is 3.40. The van der Waals surface area contributed by atoms with E-state index in [0.717, 1.165) is 10.0 Å². The highest BCUT2D eigenvalue weighted by atomic mass is 79.9. The topological polar surface area (TPSA) is 94.7 Å². The van der Waals surface area contributed by atoms with Crippen molar-refractivity contribution in [2.24, 2.45) is 0 Å². The van der Waals surface area contributed by atoms with E-state index in [-0.39, 0.29) is 11.5 Å². The molecule has 9 heteroatoms. The molecule has 1 aromatic carbocycles. The van der Waals surface area contributed by atoms with Gasteiger partial charge in [0.05, 0.1) is 19.3 Å². The van der Waals surface area contributed by atoms with Gasteiger partial charge >= 0.3 is 0 Å². The van der Waals surface area contributed by atoms with Crippen molar-refractivity contribution in [3.8, 4) is 0 Å². The molecule has 1 N–H and O–H groups in total. The number of benzene rings is 1. The summed E-state index contributed by atoms with van der Waals surface area (Å²) in [5.74, 6) is -0.258. The third kappa shape index (κ3) is 4.24. The second-order valence-corrected chi connectivity index (χ2v) is 7.30. The molecule has 4 rings (SSSR count). The zero-order chi connectivity index (χ0) is 20.2. The molecule has 0 radical (unpaired) electrons. The Morgan fingerprint density at radius 1 is 1.10 bits per heavy atom. The number of hydrogen-bond acceptors (Lipinski definition) is 5. The van der Waals surface area contributed by atoms with Crippen molar-refractivity contribution in [1.29, 1.82) is 0 Å². The van der Waals surface area contributed by atoms with Crippen LogP contribution in [0.5, 0.6) is 0 Å². The molecule has 3 aromatic heterocycles. The SMILES string of the molecule is O=C(NCCn1ncc2c(=O)n(Cc3ccc(Br)cc3)cnc21)c1ccccn1. The number of aromatic nitrogens is 5. The van der Waals surface area contributed by atoms with E-state index >= 15 is 0 Å². The molecule has 4 aromatic rings. The molecule has 0 unspecified atom stereocenters. The number of fused-ring (bicyclic) bond motifs is 1. The highest BCUT2D eigenvalue weighted by Crippen LogP contribution is 2.12. The summed E-state index contributed by atoms with van der Waals surface area (Å²) < 4.78 is 4.15. The van der Waals surface area contributed by atoms with Gasteiger partial charge in [-0.25, -0.2) is 9.67 Å². The normalized spacial score (nSPS) is 10.9. The lowest BCUT2D eigenvalue weighted by atomic mass is 10.2. The number of nitrogens with zero attached hydrogens (tertiary/aromatic N) is 5. The zero-order valence-corrected chi connectivity index (χ0v) is 16.9. The van der Waals surface area contributed by atoms with Gasteiger partial charge in [0.1, 0.15) is 17.4 Å². The molecule has 0 fully saturated rings. The van der Waals surface area contributed by atoms with Crippen LogP contribution in [0.3, 0.4) is 0 Å². The molecule has 29 heavy (non-hydrogen) atoms. The number of amides is 1. The molecular weight excluding hydrogens is 436 g/mol. The maximum Gasteiger partial charge on any atom is 0.269 e. The minimum atomic E-state index is -0.258.